The molecule has 0 saturated carbocycles. The minimum Gasteiger partial charge on any atom is -0.353 e. The van der Waals surface area contributed by atoms with Gasteiger partial charge in [0, 0.05) is 49.1 Å². The summed E-state index contributed by atoms with van der Waals surface area (Å²) in [6.45, 7) is 0. The highest BCUT2D eigenvalue weighted by Gasteiger charge is 2.35. The van der Waals surface area contributed by atoms with Gasteiger partial charge in [-0.3, -0.25) is 0 Å². The molecule has 5 heteroatoms. The van der Waals surface area contributed by atoms with E-state index < -0.39 is 9.84 Å². The molecule has 212 valence electrons. The molecule has 1 aliphatic rings. The predicted molar refractivity (Wildman–Crippen MR) is 184 cm³/mol. The normalized spacial score (nSPS) is 13.7. The lowest BCUT2D eigenvalue weighted by Crippen LogP contribution is -2.01. The quantitative estimate of drug-likeness (QED) is 0.216. The zero-order valence-corrected chi connectivity index (χ0v) is 24.8. The molecule has 2 aromatic heterocycles. The van der Waals surface area contributed by atoms with E-state index in [9.17, 15) is 8.42 Å². The van der Waals surface area contributed by atoms with Gasteiger partial charge in [0.25, 0.3) is 0 Å². The highest BCUT2D eigenvalue weighted by molar-refractivity contribution is 7.92. The van der Waals surface area contributed by atoms with E-state index >= 15 is 0 Å². The van der Waals surface area contributed by atoms with Gasteiger partial charge in [-0.05, 0) is 35.2 Å². The summed E-state index contributed by atoms with van der Waals surface area (Å²) in [4.78, 5) is 4.50. The molecule has 3 heterocycles. The van der Waals surface area contributed by atoms with Gasteiger partial charge in [-0.15, -0.1) is 0 Å². The lowest BCUT2D eigenvalue weighted by atomic mass is 9.94. The second kappa shape index (κ2) is 8.72. The monoisotopic (exact) mass is 596 g/mol. The molecular formula is C40H24N2O2S. The van der Waals surface area contributed by atoms with Crippen LogP contribution in [0.5, 0.6) is 0 Å². The minimum atomic E-state index is -3.70. The van der Waals surface area contributed by atoms with Crippen LogP contribution in [0.15, 0.2) is 149 Å². The van der Waals surface area contributed by atoms with Gasteiger partial charge in [-0.2, -0.15) is 0 Å². The second-order valence-corrected chi connectivity index (χ2v) is 13.6. The van der Waals surface area contributed by atoms with Gasteiger partial charge < -0.3 is 9.55 Å². The van der Waals surface area contributed by atoms with Crippen LogP contribution in [0.3, 0.4) is 0 Å². The first kappa shape index (κ1) is 24.8. The van der Waals surface area contributed by atoms with E-state index in [2.05, 4.69) is 101 Å². The minimum absolute atomic E-state index is 0.372. The molecule has 1 N–H and O–H groups in total. The first-order chi connectivity index (χ1) is 22.1. The third kappa shape index (κ3) is 3.17. The molecule has 4 nitrogen and oxygen atoms in total. The maximum Gasteiger partial charge on any atom is 0.208 e. The van der Waals surface area contributed by atoms with Crippen LogP contribution in [0.25, 0.3) is 82.3 Å². The number of rotatable bonds is 2. The fourth-order valence-electron chi connectivity index (χ4n) is 7.64. The van der Waals surface area contributed by atoms with Gasteiger partial charge in [0.15, 0.2) is 0 Å². The molecule has 0 radical (unpaired) electrons. The van der Waals surface area contributed by atoms with Crippen molar-refractivity contribution < 1.29 is 8.42 Å². The summed E-state index contributed by atoms with van der Waals surface area (Å²) in [7, 11) is -3.70. The first-order valence-electron chi connectivity index (χ1n) is 15.0. The molecule has 1 aliphatic heterocycles. The van der Waals surface area contributed by atoms with Crippen LogP contribution in [0.1, 0.15) is 0 Å². The number of hydrogen-bond acceptors (Lipinski definition) is 2. The van der Waals surface area contributed by atoms with Crippen molar-refractivity contribution in [2.75, 3.05) is 0 Å². The van der Waals surface area contributed by atoms with E-state index in [1.54, 1.807) is 12.1 Å². The molecule has 10 rings (SSSR count). The van der Waals surface area contributed by atoms with Crippen molar-refractivity contribution >= 4 is 64.2 Å². The number of nitrogens with zero attached hydrogens (tertiary/aromatic N) is 1. The lowest BCUT2D eigenvalue weighted by Gasteiger charge is -2.17. The molecule has 0 bridgehead atoms. The van der Waals surface area contributed by atoms with E-state index in [4.69, 9.17) is 0 Å². The Morgan fingerprint density at radius 3 is 2.04 bits per heavy atom. The van der Waals surface area contributed by atoms with Crippen molar-refractivity contribution in [1.29, 1.82) is 0 Å². The molecule has 45 heavy (non-hydrogen) atoms. The molecule has 0 saturated heterocycles. The van der Waals surface area contributed by atoms with Crippen LogP contribution in [0.2, 0.25) is 0 Å². The highest BCUT2D eigenvalue weighted by Crippen LogP contribution is 2.49. The van der Waals surface area contributed by atoms with Crippen LogP contribution < -0.4 is 0 Å². The van der Waals surface area contributed by atoms with Crippen LogP contribution in [0.4, 0.5) is 0 Å². The average molecular weight is 597 g/mol. The van der Waals surface area contributed by atoms with Crippen molar-refractivity contribution in [3.8, 4) is 27.9 Å². The zero-order valence-electron chi connectivity index (χ0n) is 24.0. The third-order valence-corrected chi connectivity index (χ3v) is 11.4. The van der Waals surface area contributed by atoms with Crippen molar-refractivity contribution in [2.45, 2.75) is 9.79 Å². The lowest BCUT2D eigenvalue weighted by molar-refractivity contribution is 0.599. The Balaban J connectivity index is 1.37. The fraction of sp³-hybridized carbons (Fsp3) is 0. The maximum absolute atomic E-state index is 14.1. The van der Waals surface area contributed by atoms with Crippen molar-refractivity contribution in [1.82, 2.24) is 9.55 Å². The molecule has 0 amide bonds. The number of aromatic nitrogens is 2. The summed E-state index contributed by atoms with van der Waals surface area (Å²) < 4.78 is 30.5. The number of aromatic amines is 1. The number of nitrogens with one attached hydrogen (secondary N) is 1. The number of hydrogen-bond donors (Lipinski definition) is 1. The number of sulfone groups is 1. The van der Waals surface area contributed by atoms with E-state index in [0.29, 0.717) is 9.79 Å². The smallest absolute Gasteiger partial charge is 0.208 e. The van der Waals surface area contributed by atoms with Gasteiger partial charge >= 0.3 is 0 Å². The first-order valence-corrected chi connectivity index (χ1v) is 16.5. The number of benzene rings is 7. The molecule has 7 aromatic carbocycles. The Labute approximate surface area is 258 Å². The van der Waals surface area contributed by atoms with Crippen LogP contribution in [0, 0.1) is 0 Å². The van der Waals surface area contributed by atoms with E-state index in [-0.39, 0.29) is 0 Å². The predicted octanol–water partition coefficient (Wildman–Crippen LogP) is 10.1. The Morgan fingerprint density at radius 2 is 1.16 bits per heavy atom. The summed E-state index contributed by atoms with van der Waals surface area (Å²) in [6, 6.07) is 47.1. The maximum atomic E-state index is 14.1. The number of fused-ring (bicyclic) bond motifs is 11. The van der Waals surface area contributed by atoms with Crippen LogP contribution in [-0.2, 0) is 9.84 Å². The topological polar surface area (TPSA) is 54.9 Å². The largest absolute Gasteiger partial charge is 0.353 e. The van der Waals surface area contributed by atoms with Gasteiger partial charge in [0.2, 0.25) is 9.84 Å². The molecule has 9 aromatic rings. The Morgan fingerprint density at radius 1 is 0.511 bits per heavy atom. The van der Waals surface area contributed by atoms with Gasteiger partial charge in [0.1, 0.15) is 0 Å². The van der Waals surface area contributed by atoms with E-state index in [0.717, 1.165) is 66.2 Å². The molecule has 0 atom stereocenters. The van der Waals surface area contributed by atoms with E-state index in [1.165, 1.54) is 16.2 Å². The summed E-state index contributed by atoms with van der Waals surface area (Å²) in [5.74, 6) is 0. The standard InChI is InChI=1S/C40H24N2O2S/c43-45(44)36-21-6-3-14-27(36)31-16-9-17-32(40(31)45)28-15-7-10-24-11-8-20-35(37(24)28)42-34-19-5-2-13-26(34)30-23-22-29-25-12-1-4-18-33(25)41-38(29)39(30)42/h1-23,41H. The van der Waals surface area contributed by atoms with Crippen LogP contribution in [-0.4, -0.2) is 18.0 Å². The SMILES string of the molecule is O=S1(=O)c2ccccc2-c2cccc(-c3cccc4cccc(-n5c6ccccc6c6ccc7c8ccccc8[nH]c7c65)c34)c21. The molecular weight excluding hydrogens is 573 g/mol. The Hall–Kier alpha value is -5.65. The van der Waals surface area contributed by atoms with Gasteiger partial charge in [-0.25, -0.2) is 8.42 Å². The number of para-hydroxylation sites is 2. The van der Waals surface area contributed by atoms with Gasteiger partial charge in [-0.1, -0.05) is 115 Å². The van der Waals surface area contributed by atoms with Gasteiger partial charge in [0.05, 0.1) is 32.0 Å². The molecule has 0 fully saturated rings. The summed E-state index contributed by atoms with van der Waals surface area (Å²) in [5, 5.41) is 6.75. The summed E-state index contributed by atoms with van der Waals surface area (Å²) >= 11 is 0. The zero-order chi connectivity index (χ0) is 29.9. The van der Waals surface area contributed by atoms with Crippen molar-refractivity contribution in [3.63, 3.8) is 0 Å². The molecule has 0 aliphatic carbocycles. The van der Waals surface area contributed by atoms with E-state index in [1.807, 2.05) is 36.4 Å². The highest BCUT2D eigenvalue weighted by atomic mass is 32.2. The van der Waals surface area contributed by atoms with Crippen molar-refractivity contribution in [2.24, 2.45) is 0 Å². The Bertz CT molecular complexity index is 2830. The second-order valence-electron chi connectivity index (χ2n) is 11.8. The van der Waals surface area contributed by atoms with Crippen LogP contribution >= 0.6 is 0 Å². The molecule has 0 unspecified atom stereocenters. The van der Waals surface area contributed by atoms with Crippen molar-refractivity contribution in [3.05, 3.63) is 140 Å². The summed E-state index contributed by atoms with van der Waals surface area (Å²) in [6.07, 6.45) is 0. The number of H-pyrrole nitrogens is 1. The third-order valence-electron chi connectivity index (χ3n) is 9.48. The molecule has 0 spiro atoms. The fourth-order valence-corrected chi connectivity index (χ4v) is 9.52. The average Bonchev–Trinajstić information content (AvgIpc) is 3.70. The Kier molecular flexibility index (Phi) is 4.79. The summed E-state index contributed by atoms with van der Waals surface area (Å²) in [5.41, 5.74) is 8.52.